The highest BCUT2D eigenvalue weighted by Gasteiger charge is 2.13. The van der Waals surface area contributed by atoms with E-state index in [4.69, 9.17) is 0 Å². The third-order valence-corrected chi connectivity index (χ3v) is 3.75. The van der Waals surface area contributed by atoms with Crippen molar-refractivity contribution >= 4 is 11.4 Å². The van der Waals surface area contributed by atoms with Crippen LogP contribution in [0.2, 0.25) is 0 Å². The van der Waals surface area contributed by atoms with Crippen LogP contribution in [-0.2, 0) is 6.54 Å². The van der Waals surface area contributed by atoms with Crippen molar-refractivity contribution in [3.05, 3.63) is 48.3 Å². The third kappa shape index (κ3) is 2.92. The van der Waals surface area contributed by atoms with Crippen LogP contribution in [0.25, 0.3) is 0 Å². The molecule has 1 aliphatic heterocycles. The third-order valence-electron chi connectivity index (χ3n) is 3.75. The second-order valence-corrected chi connectivity index (χ2v) is 5.14. The fourth-order valence-electron chi connectivity index (χ4n) is 2.70. The van der Waals surface area contributed by atoms with E-state index in [2.05, 4.69) is 45.5 Å². The zero-order chi connectivity index (χ0) is 12.9. The molecule has 1 aromatic heterocycles. The quantitative estimate of drug-likeness (QED) is 0.874. The first-order valence-corrected chi connectivity index (χ1v) is 7.13. The maximum Gasteiger partial charge on any atom is 0.0602 e. The molecule has 19 heavy (non-hydrogen) atoms. The van der Waals surface area contributed by atoms with Gasteiger partial charge in [0.25, 0.3) is 0 Å². The van der Waals surface area contributed by atoms with Gasteiger partial charge < -0.3 is 15.2 Å². The molecular weight excluding hydrogens is 234 g/mol. The van der Waals surface area contributed by atoms with E-state index in [0.29, 0.717) is 0 Å². The number of rotatable bonds is 4. The number of aromatic amines is 1. The number of hydrogen-bond donors (Lipinski definition) is 2. The Kier molecular flexibility index (Phi) is 3.73. The number of nitrogens with one attached hydrogen (secondary N) is 2. The molecule has 1 aliphatic rings. The van der Waals surface area contributed by atoms with Gasteiger partial charge in [-0.25, -0.2) is 0 Å². The molecule has 100 valence electrons. The normalized spacial score (nSPS) is 15.5. The average Bonchev–Trinajstić information content (AvgIpc) is 3.00. The van der Waals surface area contributed by atoms with Crippen molar-refractivity contribution in [3.63, 3.8) is 0 Å². The molecule has 0 spiro atoms. The SMILES string of the molecule is c1ccc(N2CCCCC2)c(NCc2cc[nH]c2)c1. The molecule has 3 nitrogen and oxygen atoms in total. The Morgan fingerprint density at radius 1 is 1.05 bits per heavy atom. The molecule has 3 rings (SSSR count). The summed E-state index contributed by atoms with van der Waals surface area (Å²) in [7, 11) is 0. The summed E-state index contributed by atoms with van der Waals surface area (Å²) in [6.07, 6.45) is 8.00. The van der Waals surface area contributed by atoms with Gasteiger partial charge in [0.1, 0.15) is 0 Å². The molecule has 3 heteroatoms. The van der Waals surface area contributed by atoms with Gasteiger partial charge >= 0.3 is 0 Å². The van der Waals surface area contributed by atoms with Gasteiger partial charge in [-0.2, -0.15) is 0 Å². The van der Waals surface area contributed by atoms with E-state index in [-0.39, 0.29) is 0 Å². The molecule has 0 saturated carbocycles. The van der Waals surface area contributed by atoms with Crippen LogP contribution >= 0.6 is 0 Å². The first-order chi connectivity index (χ1) is 9.43. The van der Waals surface area contributed by atoms with E-state index >= 15 is 0 Å². The lowest BCUT2D eigenvalue weighted by Gasteiger charge is -2.30. The van der Waals surface area contributed by atoms with E-state index in [9.17, 15) is 0 Å². The van der Waals surface area contributed by atoms with Crippen LogP contribution in [-0.4, -0.2) is 18.1 Å². The standard InChI is InChI=1S/C16H21N3/c1-4-10-19(11-5-1)16-7-3-2-6-15(16)18-13-14-8-9-17-12-14/h2-3,6-9,12,17-18H,1,4-5,10-11,13H2. The smallest absolute Gasteiger partial charge is 0.0602 e. The number of para-hydroxylation sites is 2. The molecule has 0 bridgehead atoms. The maximum atomic E-state index is 3.55. The molecular formula is C16H21N3. The van der Waals surface area contributed by atoms with Gasteiger partial charge in [0.15, 0.2) is 0 Å². The Bertz CT molecular complexity index is 498. The highest BCUT2D eigenvalue weighted by Crippen LogP contribution is 2.28. The lowest BCUT2D eigenvalue weighted by Crippen LogP contribution is -2.30. The molecule has 1 saturated heterocycles. The van der Waals surface area contributed by atoms with Crippen LogP contribution in [0.1, 0.15) is 24.8 Å². The van der Waals surface area contributed by atoms with Crippen LogP contribution in [0.3, 0.4) is 0 Å². The zero-order valence-electron chi connectivity index (χ0n) is 11.2. The minimum Gasteiger partial charge on any atom is -0.379 e. The van der Waals surface area contributed by atoms with Gasteiger partial charge in [-0.05, 0) is 43.0 Å². The monoisotopic (exact) mass is 255 g/mol. The number of piperidine rings is 1. The predicted molar refractivity (Wildman–Crippen MR) is 80.6 cm³/mol. The molecule has 0 unspecified atom stereocenters. The minimum atomic E-state index is 0.869. The van der Waals surface area contributed by atoms with Crippen LogP contribution < -0.4 is 10.2 Å². The van der Waals surface area contributed by atoms with E-state index in [1.807, 2.05) is 12.4 Å². The summed E-state index contributed by atoms with van der Waals surface area (Å²) < 4.78 is 0. The lowest BCUT2D eigenvalue weighted by atomic mass is 10.1. The zero-order valence-corrected chi connectivity index (χ0v) is 11.2. The van der Waals surface area contributed by atoms with Gasteiger partial charge in [0, 0.05) is 32.0 Å². The Hall–Kier alpha value is -1.90. The number of aromatic nitrogens is 1. The fourth-order valence-corrected chi connectivity index (χ4v) is 2.70. The van der Waals surface area contributed by atoms with E-state index < -0.39 is 0 Å². The number of anilines is 2. The second-order valence-electron chi connectivity index (χ2n) is 5.14. The van der Waals surface area contributed by atoms with Crippen molar-refractivity contribution in [3.8, 4) is 0 Å². The van der Waals surface area contributed by atoms with E-state index in [0.717, 1.165) is 6.54 Å². The number of H-pyrrole nitrogens is 1. The topological polar surface area (TPSA) is 31.1 Å². The highest BCUT2D eigenvalue weighted by molar-refractivity contribution is 5.70. The van der Waals surface area contributed by atoms with Gasteiger partial charge in [-0.1, -0.05) is 12.1 Å². The van der Waals surface area contributed by atoms with Gasteiger partial charge in [-0.3, -0.25) is 0 Å². The van der Waals surface area contributed by atoms with Crippen molar-refractivity contribution < 1.29 is 0 Å². The first kappa shape index (κ1) is 12.2. The largest absolute Gasteiger partial charge is 0.379 e. The Morgan fingerprint density at radius 2 is 1.89 bits per heavy atom. The molecule has 2 aromatic rings. The lowest BCUT2D eigenvalue weighted by molar-refractivity contribution is 0.578. The van der Waals surface area contributed by atoms with Crippen LogP contribution in [0.4, 0.5) is 11.4 Å². The van der Waals surface area contributed by atoms with Gasteiger partial charge in [0.05, 0.1) is 11.4 Å². The number of hydrogen-bond acceptors (Lipinski definition) is 2. The maximum absolute atomic E-state index is 3.55. The predicted octanol–water partition coefficient (Wildman–Crippen LogP) is 3.62. The molecule has 2 N–H and O–H groups in total. The summed E-state index contributed by atoms with van der Waals surface area (Å²) in [6.45, 7) is 3.24. The summed E-state index contributed by atoms with van der Waals surface area (Å²) in [6, 6.07) is 10.7. The first-order valence-electron chi connectivity index (χ1n) is 7.13. The summed E-state index contributed by atoms with van der Waals surface area (Å²) in [4.78, 5) is 5.60. The Balaban J connectivity index is 1.73. The highest BCUT2D eigenvalue weighted by atomic mass is 15.1. The second kappa shape index (κ2) is 5.83. The average molecular weight is 255 g/mol. The van der Waals surface area contributed by atoms with Crippen molar-refractivity contribution in [1.29, 1.82) is 0 Å². The summed E-state index contributed by atoms with van der Waals surface area (Å²) in [5.41, 5.74) is 3.87. The van der Waals surface area contributed by atoms with Crippen LogP contribution in [0.5, 0.6) is 0 Å². The van der Waals surface area contributed by atoms with Gasteiger partial charge in [-0.15, -0.1) is 0 Å². The van der Waals surface area contributed by atoms with Crippen LogP contribution in [0.15, 0.2) is 42.7 Å². The van der Waals surface area contributed by atoms with E-state index in [1.54, 1.807) is 0 Å². The number of nitrogens with zero attached hydrogens (tertiary/aromatic N) is 1. The minimum absolute atomic E-state index is 0.869. The van der Waals surface area contributed by atoms with E-state index in [1.165, 1.54) is 49.3 Å². The Labute approximate surface area is 114 Å². The Morgan fingerprint density at radius 3 is 2.68 bits per heavy atom. The summed E-state index contributed by atoms with van der Waals surface area (Å²) in [5, 5.41) is 3.55. The molecule has 0 radical (unpaired) electrons. The van der Waals surface area contributed by atoms with Crippen molar-refractivity contribution in [2.75, 3.05) is 23.3 Å². The molecule has 1 aromatic carbocycles. The fraction of sp³-hybridized carbons (Fsp3) is 0.375. The van der Waals surface area contributed by atoms with Gasteiger partial charge in [0.2, 0.25) is 0 Å². The molecule has 1 fully saturated rings. The molecule has 0 amide bonds. The molecule has 0 aliphatic carbocycles. The molecule has 2 heterocycles. The van der Waals surface area contributed by atoms with Crippen molar-refractivity contribution in [2.24, 2.45) is 0 Å². The summed E-state index contributed by atoms with van der Waals surface area (Å²) in [5.74, 6) is 0. The molecule has 0 atom stereocenters. The van der Waals surface area contributed by atoms with Crippen molar-refractivity contribution in [1.82, 2.24) is 4.98 Å². The number of benzene rings is 1. The summed E-state index contributed by atoms with van der Waals surface area (Å²) >= 11 is 0. The van der Waals surface area contributed by atoms with Crippen molar-refractivity contribution in [2.45, 2.75) is 25.8 Å². The van der Waals surface area contributed by atoms with Crippen LogP contribution in [0, 0.1) is 0 Å².